The molecule has 1 aromatic rings. The number of aryl methyl sites for hydroxylation is 1. The Bertz CT molecular complexity index is 294. The Hall–Kier alpha value is -0.870. The molecule has 0 radical (unpaired) electrons. The maximum atomic E-state index is 5.93. The fraction of sp³-hybridized carbons (Fsp3) is 0.700. The molecule has 0 spiro atoms. The zero-order chi connectivity index (χ0) is 9.97. The molecule has 0 amide bonds. The van der Waals surface area contributed by atoms with E-state index in [1.165, 1.54) is 5.56 Å². The van der Waals surface area contributed by atoms with Crippen LogP contribution in [-0.4, -0.2) is 22.4 Å². The molecule has 4 nitrogen and oxygen atoms in total. The molecule has 1 saturated heterocycles. The first-order valence-corrected chi connectivity index (χ1v) is 5.31. The Morgan fingerprint density at radius 3 is 3.21 bits per heavy atom. The molecule has 0 aliphatic carbocycles. The van der Waals surface area contributed by atoms with Gasteiger partial charge in [0.2, 0.25) is 0 Å². The van der Waals surface area contributed by atoms with Gasteiger partial charge >= 0.3 is 0 Å². The third kappa shape index (κ3) is 1.96. The Kier molecular flexibility index (Phi) is 2.84. The van der Waals surface area contributed by atoms with Crippen LogP contribution in [0.15, 0.2) is 12.4 Å². The highest BCUT2D eigenvalue weighted by molar-refractivity contribution is 5.11. The Morgan fingerprint density at radius 1 is 1.71 bits per heavy atom. The third-order valence-electron chi connectivity index (χ3n) is 2.82. The van der Waals surface area contributed by atoms with Crippen molar-refractivity contribution in [3.8, 4) is 0 Å². The second-order valence-electron chi connectivity index (χ2n) is 3.92. The minimum atomic E-state index is 0.339. The van der Waals surface area contributed by atoms with Gasteiger partial charge in [-0.15, -0.1) is 0 Å². The first-order chi connectivity index (χ1) is 6.79. The topological polar surface area (TPSA) is 55.9 Å². The van der Waals surface area contributed by atoms with Crippen LogP contribution in [0.2, 0.25) is 0 Å². The van der Waals surface area contributed by atoms with Gasteiger partial charge in [0.1, 0.15) is 0 Å². The maximum Gasteiger partial charge on any atom is 0.0537 e. The lowest BCUT2D eigenvalue weighted by Crippen LogP contribution is -2.38. The summed E-state index contributed by atoms with van der Waals surface area (Å²) in [7, 11) is 0. The lowest BCUT2D eigenvalue weighted by atomic mass is 9.96. The average molecular weight is 194 g/mol. The van der Waals surface area contributed by atoms with Gasteiger partial charge in [-0.3, -0.25) is 4.68 Å². The molecular weight excluding hydrogens is 176 g/mol. The lowest BCUT2D eigenvalue weighted by molar-refractivity contribution is 0.369. The molecule has 1 aliphatic rings. The summed E-state index contributed by atoms with van der Waals surface area (Å²) in [4.78, 5) is 0. The zero-order valence-electron chi connectivity index (χ0n) is 8.61. The average Bonchev–Trinajstić information content (AvgIpc) is 2.66. The quantitative estimate of drug-likeness (QED) is 0.727. The number of hydrogen-bond acceptors (Lipinski definition) is 3. The minimum Gasteiger partial charge on any atom is -0.328 e. The van der Waals surface area contributed by atoms with Gasteiger partial charge in [-0.05, 0) is 26.3 Å². The van der Waals surface area contributed by atoms with Gasteiger partial charge in [-0.1, -0.05) is 0 Å². The van der Waals surface area contributed by atoms with Crippen molar-refractivity contribution in [3.63, 3.8) is 0 Å². The van der Waals surface area contributed by atoms with Crippen LogP contribution in [0.3, 0.4) is 0 Å². The lowest BCUT2D eigenvalue weighted by Gasteiger charge is -2.27. The van der Waals surface area contributed by atoms with Crippen LogP contribution in [0.4, 0.5) is 0 Å². The number of nitrogens with one attached hydrogen (secondary N) is 1. The van der Waals surface area contributed by atoms with Crippen molar-refractivity contribution in [2.24, 2.45) is 5.73 Å². The number of aromatic nitrogens is 2. The number of nitrogens with two attached hydrogens (primary N) is 1. The van der Waals surface area contributed by atoms with Crippen LogP contribution in [0.1, 0.15) is 31.4 Å². The van der Waals surface area contributed by atoms with E-state index in [2.05, 4.69) is 23.5 Å². The monoisotopic (exact) mass is 194 g/mol. The van der Waals surface area contributed by atoms with E-state index in [-0.39, 0.29) is 0 Å². The summed E-state index contributed by atoms with van der Waals surface area (Å²) in [5, 5.41) is 7.74. The van der Waals surface area contributed by atoms with Crippen molar-refractivity contribution < 1.29 is 0 Å². The molecule has 1 fully saturated rings. The van der Waals surface area contributed by atoms with E-state index in [0.29, 0.717) is 12.1 Å². The van der Waals surface area contributed by atoms with Gasteiger partial charge < -0.3 is 11.1 Å². The van der Waals surface area contributed by atoms with Crippen LogP contribution in [0.25, 0.3) is 0 Å². The highest BCUT2D eigenvalue weighted by Crippen LogP contribution is 2.21. The van der Waals surface area contributed by atoms with E-state index < -0.39 is 0 Å². The Morgan fingerprint density at radius 2 is 2.57 bits per heavy atom. The number of nitrogens with zero attached hydrogens (tertiary/aromatic N) is 2. The summed E-state index contributed by atoms with van der Waals surface area (Å²) >= 11 is 0. The highest BCUT2D eigenvalue weighted by Gasteiger charge is 2.20. The minimum absolute atomic E-state index is 0.339. The number of rotatable bonds is 2. The summed E-state index contributed by atoms with van der Waals surface area (Å²) < 4.78 is 1.96. The smallest absolute Gasteiger partial charge is 0.0537 e. The van der Waals surface area contributed by atoms with Gasteiger partial charge in [0.25, 0.3) is 0 Å². The van der Waals surface area contributed by atoms with Crippen molar-refractivity contribution in [1.82, 2.24) is 15.1 Å². The Labute approximate surface area is 84.5 Å². The van der Waals surface area contributed by atoms with Crippen LogP contribution in [0.5, 0.6) is 0 Å². The molecule has 0 bridgehead atoms. The molecule has 3 N–H and O–H groups in total. The van der Waals surface area contributed by atoms with E-state index in [4.69, 9.17) is 5.73 Å². The standard InChI is InChI=1S/C10H18N4/c1-2-14-7-8(6-13-14)10-5-9(11)3-4-12-10/h6-7,9-10,12H,2-5,11H2,1H3. The summed E-state index contributed by atoms with van der Waals surface area (Å²) in [6.45, 7) is 4.04. The molecule has 1 aliphatic heterocycles. The SMILES string of the molecule is CCn1cc(C2CC(N)CCN2)cn1. The second kappa shape index (κ2) is 4.11. The van der Waals surface area contributed by atoms with Crippen molar-refractivity contribution in [1.29, 1.82) is 0 Å². The van der Waals surface area contributed by atoms with Crippen molar-refractivity contribution in [2.45, 2.75) is 38.4 Å². The largest absolute Gasteiger partial charge is 0.328 e. The van der Waals surface area contributed by atoms with E-state index >= 15 is 0 Å². The van der Waals surface area contributed by atoms with Gasteiger partial charge in [-0.2, -0.15) is 5.10 Å². The van der Waals surface area contributed by atoms with Gasteiger partial charge in [0.15, 0.2) is 0 Å². The van der Waals surface area contributed by atoms with Crippen molar-refractivity contribution >= 4 is 0 Å². The second-order valence-corrected chi connectivity index (χ2v) is 3.92. The molecule has 2 unspecified atom stereocenters. The van der Waals surface area contributed by atoms with Gasteiger partial charge in [0, 0.05) is 30.4 Å². The normalized spacial score (nSPS) is 27.9. The predicted molar refractivity (Wildman–Crippen MR) is 55.9 cm³/mol. The van der Waals surface area contributed by atoms with Crippen molar-refractivity contribution in [2.75, 3.05) is 6.54 Å². The Balaban J connectivity index is 2.06. The van der Waals surface area contributed by atoms with Gasteiger partial charge in [-0.25, -0.2) is 0 Å². The first-order valence-electron chi connectivity index (χ1n) is 5.31. The molecule has 0 aromatic carbocycles. The molecule has 1 aromatic heterocycles. The van der Waals surface area contributed by atoms with Gasteiger partial charge in [0.05, 0.1) is 6.20 Å². The fourth-order valence-corrected chi connectivity index (χ4v) is 1.93. The fourth-order valence-electron chi connectivity index (χ4n) is 1.93. The number of piperidine rings is 1. The van der Waals surface area contributed by atoms with E-state index in [9.17, 15) is 0 Å². The molecule has 2 atom stereocenters. The molecule has 2 rings (SSSR count). The van der Waals surface area contributed by atoms with Crippen LogP contribution in [-0.2, 0) is 6.54 Å². The van der Waals surface area contributed by atoms with Crippen LogP contribution < -0.4 is 11.1 Å². The molecule has 14 heavy (non-hydrogen) atoms. The van der Waals surface area contributed by atoms with E-state index in [1.54, 1.807) is 0 Å². The number of hydrogen-bond donors (Lipinski definition) is 2. The molecule has 4 heteroatoms. The van der Waals surface area contributed by atoms with Crippen LogP contribution >= 0.6 is 0 Å². The summed E-state index contributed by atoms with van der Waals surface area (Å²) in [6, 6.07) is 0.741. The molecular formula is C10H18N4. The molecule has 0 saturated carbocycles. The maximum absolute atomic E-state index is 5.93. The summed E-state index contributed by atoms with van der Waals surface area (Å²) in [6.07, 6.45) is 6.16. The molecule has 78 valence electrons. The zero-order valence-corrected chi connectivity index (χ0v) is 8.61. The van der Waals surface area contributed by atoms with Crippen LogP contribution in [0, 0.1) is 0 Å². The summed E-state index contributed by atoms with van der Waals surface area (Å²) in [5.74, 6) is 0. The predicted octanol–water partition coefficient (Wildman–Crippen LogP) is 0.655. The first kappa shape index (κ1) is 9.68. The third-order valence-corrected chi connectivity index (χ3v) is 2.82. The van der Waals surface area contributed by atoms with E-state index in [0.717, 1.165) is 25.9 Å². The molecule has 2 heterocycles. The summed E-state index contributed by atoms with van der Waals surface area (Å²) in [5.41, 5.74) is 7.20. The highest BCUT2D eigenvalue weighted by atomic mass is 15.3. The van der Waals surface area contributed by atoms with E-state index in [1.807, 2.05) is 10.9 Å². The van der Waals surface area contributed by atoms with Crippen molar-refractivity contribution in [3.05, 3.63) is 18.0 Å².